The molecule has 6 heteroatoms. The van der Waals surface area contributed by atoms with Crippen molar-refractivity contribution in [1.29, 1.82) is 0 Å². The van der Waals surface area contributed by atoms with Gasteiger partial charge in [0.05, 0.1) is 0 Å². The Balaban J connectivity index is 2.43. The largest absolute Gasteiger partial charge is 0.478 e. The molecule has 0 unspecified atom stereocenters. The fourth-order valence-electron chi connectivity index (χ4n) is 1.75. The van der Waals surface area contributed by atoms with Crippen LogP contribution in [0.25, 0.3) is 0 Å². The lowest BCUT2D eigenvalue weighted by molar-refractivity contribution is 0.0695. The zero-order valence-corrected chi connectivity index (χ0v) is 12.3. The van der Waals surface area contributed by atoms with E-state index in [4.69, 9.17) is 9.29 Å². The van der Waals surface area contributed by atoms with Gasteiger partial charge >= 0.3 is 16.1 Å². The lowest BCUT2D eigenvalue weighted by atomic mass is 10.1. The molecule has 110 valence electrons. The normalized spacial score (nSPS) is 11.1. The van der Waals surface area contributed by atoms with E-state index < -0.39 is 16.1 Å². The first-order valence-corrected chi connectivity index (χ1v) is 7.55. The Kier molecular flexibility index (Phi) is 3.99. The summed E-state index contributed by atoms with van der Waals surface area (Å²) >= 11 is 0. The Labute approximate surface area is 122 Å². The lowest BCUT2D eigenvalue weighted by Gasteiger charge is -2.10. The van der Waals surface area contributed by atoms with Crippen LogP contribution in [-0.4, -0.2) is 19.5 Å². The third kappa shape index (κ3) is 3.41. The topological polar surface area (TPSA) is 80.7 Å². The number of hydrogen-bond donors (Lipinski definition) is 1. The highest BCUT2D eigenvalue weighted by molar-refractivity contribution is 7.87. The van der Waals surface area contributed by atoms with Gasteiger partial charge in [0.25, 0.3) is 0 Å². The molecular weight excluding hydrogens is 292 g/mol. The van der Waals surface area contributed by atoms with Crippen molar-refractivity contribution in [2.24, 2.45) is 0 Å². The van der Waals surface area contributed by atoms with E-state index in [1.165, 1.54) is 24.3 Å². The molecule has 0 aliphatic heterocycles. The molecule has 0 radical (unpaired) electrons. The van der Waals surface area contributed by atoms with Crippen molar-refractivity contribution in [2.75, 3.05) is 0 Å². The van der Waals surface area contributed by atoms with E-state index in [1.807, 2.05) is 6.92 Å². The molecule has 0 heterocycles. The third-order valence-corrected chi connectivity index (χ3v) is 4.13. The molecule has 0 aromatic heterocycles. The highest BCUT2D eigenvalue weighted by atomic mass is 32.2. The molecule has 0 saturated carbocycles. The molecule has 2 aromatic carbocycles. The standard InChI is InChI=1S/C15H14O5S/c1-10-3-6-12(7-4-10)21(18,19)20-14-9-11(2)5-8-13(14)15(16)17/h3-9H,1-2H3,(H,16,17). The Hall–Kier alpha value is -2.34. The minimum Gasteiger partial charge on any atom is -0.478 e. The molecule has 0 saturated heterocycles. The van der Waals surface area contributed by atoms with E-state index in [0.29, 0.717) is 5.56 Å². The zero-order chi connectivity index (χ0) is 15.6. The van der Waals surface area contributed by atoms with Crippen molar-refractivity contribution in [3.63, 3.8) is 0 Å². The number of aryl methyl sites for hydroxylation is 2. The smallest absolute Gasteiger partial charge is 0.339 e. The molecule has 0 amide bonds. The summed E-state index contributed by atoms with van der Waals surface area (Å²) in [4.78, 5) is 11.1. The second-order valence-electron chi connectivity index (χ2n) is 4.66. The number of carboxylic acid groups (broad SMARTS) is 1. The van der Waals surface area contributed by atoms with Crippen LogP contribution >= 0.6 is 0 Å². The van der Waals surface area contributed by atoms with Crippen LogP contribution in [0.4, 0.5) is 0 Å². The minimum atomic E-state index is -4.07. The fourth-order valence-corrected chi connectivity index (χ4v) is 2.69. The zero-order valence-electron chi connectivity index (χ0n) is 11.5. The van der Waals surface area contributed by atoms with Crippen molar-refractivity contribution >= 4 is 16.1 Å². The number of carboxylic acids is 1. The number of hydrogen-bond acceptors (Lipinski definition) is 4. The van der Waals surface area contributed by atoms with Crippen molar-refractivity contribution < 1.29 is 22.5 Å². The molecule has 0 spiro atoms. The van der Waals surface area contributed by atoms with Gasteiger partial charge in [0.15, 0.2) is 5.75 Å². The van der Waals surface area contributed by atoms with Gasteiger partial charge in [-0.15, -0.1) is 0 Å². The molecule has 0 aliphatic rings. The quantitative estimate of drug-likeness (QED) is 0.878. The predicted octanol–water partition coefficient (Wildman–Crippen LogP) is 2.77. The summed E-state index contributed by atoms with van der Waals surface area (Å²) in [5.41, 5.74) is 1.42. The number of aromatic carboxylic acids is 1. The van der Waals surface area contributed by atoms with Crippen LogP contribution in [0, 0.1) is 13.8 Å². The van der Waals surface area contributed by atoms with Crippen molar-refractivity contribution in [2.45, 2.75) is 18.7 Å². The number of rotatable bonds is 4. The minimum absolute atomic E-state index is 0.0223. The van der Waals surface area contributed by atoms with Crippen molar-refractivity contribution in [3.05, 3.63) is 59.2 Å². The molecule has 0 fully saturated rings. The Morgan fingerprint density at radius 2 is 1.57 bits per heavy atom. The predicted molar refractivity (Wildman–Crippen MR) is 77.1 cm³/mol. The third-order valence-electron chi connectivity index (χ3n) is 2.88. The first-order valence-electron chi connectivity index (χ1n) is 6.15. The van der Waals surface area contributed by atoms with Gasteiger partial charge in [-0.1, -0.05) is 23.8 Å². The fraction of sp³-hybridized carbons (Fsp3) is 0.133. The van der Waals surface area contributed by atoms with E-state index in [9.17, 15) is 13.2 Å². The molecular formula is C15H14O5S. The molecule has 21 heavy (non-hydrogen) atoms. The maximum absolute atomic E-state index is 12.2. The van der Waals surface area contributed by atoms with Crippen LogP contribution in [0.3, 0.4) is 0 Å². The lowest BCUT2D eigenvalue weighted by Crippen LogP contribution is -2.12. The second-order valence-corrected chi connectivity index (χ2v) is 6.20. The van der Waals surface area contributed by atoms with E-state index in [1.54, 1.807) is 25.1 Å². The maximum Gasteiger partial charge on any atom is 0.339 e. The van der Waals surface area contributed by atoms with Gasteiger partial charge in [0.2, 0.25) is 0 Å². The maximum atomic E-state index is 12.2. The van der Waals surface area contributed by atoms with E-state index >= 15 is 0 Å². The number of carbonyl (C=O) groups is 1. The van der Waals surface area contributed by atoms with Gasteiger partial charge in [0.1, 0.15) is 10.5 Å². The van der Waals surface area contributed by atoms with Gasteiger partial charge < -0.3 is 9.29 Å². The van der Waals surface area contributed by atoms with Crippen molar-refractivity contribution in [3.8, 4) is 5.75 Å². The molecule has 2 aromatic rings. The average molecular weight is 306 g/mol. The summed E-state index contributed by atoms with van der Waals surface area (Å²) in [6.45, 7) is 3.55. The molecule has 0 atom stereocenters. The van der Waals surface area contributed by atoms with Crippen LogP contribution < -0.4 is 4.18 Å². The second kappa shape index (κ2) is 5.57. The van der Waals surface area contributed by atoms with Gasteiger partial charge in [-0.25, -0.2) is 4.79 Å². The van der Waals surface area contributed by atoms with Crippen LogP contribution in [0.15, 0.2) is 47.4 Å². The molecule has 5 nitrogen and oxygen atoms in total. The average Bonchev–Trinajstić information content (AvgIpc) is 2.38. The van der Waals surface area contributed by atoms with Crippen LogP contribution in [0.1, 0.15) is 21.5 Å². The van der Waals surface area contributed by atoms with Crippen molar-refractivity contribution in [1.82, 2.24) is 0 Å². The summed E-state index contributed by atoms with van der Waals surface area (Å²) in [6, 6.07) is 10.4. The van der Waals surface area contributed by atoms with Gasteiger partial charge in [0, 0.05) is 0 Å². The van der Waals surface area contributed by atoms with Gasteiger partial charge in [-0.2, -0.15) is 8.42 Å². The summed E-state index contributed by atoms with van der Waals surface area (Å²) in [7, 11) is -4.07. The first-order chi connectivity index (χ1) is 9.79. The van der Waals surface area contributed by atoms with E-state index in [2.05, 4.69) is 0 Å². The Morgan fingerprint density at radius 3 is 2.14 bits per heavy atom. The molecule has 1 N–H and O–H groups in total. The summed E-state index contributed by atoms with van der Waals surface area (Å²) in [5, 5.41) is 9.09. The summed E-state index contributed by atoms with van der Waals surface area (Å²) < 4.78 is 29.4. The molecule has 2 rings (SSSR count). The van der Waals surface area contributed by atoms with E-state index in [0.717, 1.165) is 5.56 Å². The Morgan fingerprint density at radius 1 is 1.00 bits per heavy atom. The van der Waals surface area contributed by atoms with Gasteiger partial charge in [-0.05, 0) is 43.7 Å². The highest BCUT2D eigenvalue weighted by Crippen LogP contribution is 2.24. The highest BCUT2D eigenvalue weighted by Gasteiger charge is 2.20. The molecule has 0 aliphatic carbocycles. The molecule has 0 bridgehead atoms. The van der Waals surface area contributed by atoms with Crippen LogP contribution in [0.5, 0.6) is 5.75 Å². The summed E-state index contributed by atoms with van der Waals surface area (Å²) in [6.07, 6.45) is 0. The van der Waals surface area contributed by atoms with E-state index in [-0.39, 0.29) is 16.2 Å². The first kappa shape index (κ1) is 15.1. The monoisotopic (exact) mass is 306 g/mol. The number of benzene rings is 2. The SMILES string of the molecule is Cc1ccc(S(=O)(=O)Oc2cc(C)ccc2C(=O)O)cc1. The van der Waals surface area contributed by atoms with Crippen LogP contribution in [0.2, 0.25) is 0 Å². The van der Waals surface area contributed by atoms with Crippen LogP contribution in [-0.2, 0) is 10.1 Å². The Bertz CT molecular complexity index is 776. The summed E-state index contributed by atoms with van der Waals surface area (Å²) in [5.74, 6) is -1.44. The van der Waals surface area contributed by atoms with Gasteiger partial charge in [-0.3, -0.25) is 0 Å².